The Balaban J connectivity index is 1.26. The van der Waals surface area contributed by atoms with Crippen molar-refractivity contribution in [1.82, 2.24) is 9.88 Å². The molecule has 0 radical (unpaired) electrons. The van der Waals surface area contributed by atoms with Crippen LogP contribution >= 0.6 is 22.9 Å². The molecule has 2 aromatic rings. The summed E-state index contributed by atoms with van der Waals surface area (Å²) >= 11 is 7.63. The average molecular weight is 366 g/mol. The van der Waals surface area contributed by atoms with E-state index in [4.69, 9.17) is 21.1 Å². The van der Waals surface area contributed by atoms with E-state index in [1.807, 2.05) is 35.8 Å². The van der Waals surface area contributed by atoms with E-state index in [1.54, 1.807) is 11.3 Å². The van der Waals surface area contributed by atoms with Gasteiger partial charge in [0, 0.05) is 54.9 Å². The number of nitrogens with zero attached hydrogens (tertiary/aromatic N) is 3. The third kappa shape index (κ3) is 3.73. The van der Waals surface area contributed by atoms with Gasteiger partial charge in [-0.15, -0.1) is 11.3 Å². The van der Waals surface area contributed by atoms with Gasteiger partial charge in [0.1, 0.15) is 0 Å². The van der Waals surface area contributed by atoms with Crippen LogP contribution in [0.25, 0.3) is 0 Å². The molecule has 0 bridgehead atoms. The van der Waals surface area contributed by atoms with E-state index >= 15 is 0 Å². The van der Waals surface area contributed by atoms with Crippen molar-refractivity contribution in [1.29, 1.82) is 0 Å². The van der Waals surface area contributed by atoms with Gasteiger partial charge in [0.2, 0.25) is 0 Å². The Morgan fingerprint density at radius 3 is 2.67 bits per heavy atom. The predicted molar refractivity (Wildman–Crippen MR) is 95.8 cm³/mol. The van der Waals surface area contributed by atoms with Gasteiger partial charge in [0.05, 0.1) is 12.7 Å². The van der Waals surface area contributed by atoms with Crippen LogP contribution in [0.1, 0.15) is 11.9 Å². The largest absolute Gasteiger partial charge is 0.346 e. The zero-order valence-electron chi connectivity index (χ0n) is 13.3. The maximum atomic E-state index is 6.06. The summed E-state index contributed by atoms with van der Waals surface area (Å²) in [5.74, 6) is 0. The molecule has 2 saturated heterocycles. The van der Waals surface area contributed by atoms with Gasteiger partial charge in [0.15, 0.2) is 11.4 Å². The SMILES string of the molecule is Clc1ccc([C@H]2OC[C@@H](CN3CCN(c4nccs4)CC3)O2)cc1. The Morgan fingerprint density at radius 1 is 1.17 bits per heavy atom. The Hall–Kier alpha value is -1.18. The lowest BCUT2D eigenvalue weighted by Crippen LogP contribution is -2.48. The molecule has 2 atom stereocenters. The lowest BCUT2D eigenvalue weighted by Gasteiger charge is -2.35. The van der Waals surface area contributed by atoms with Crippen molar-refractivity contribution in [2.75, 3.05) is 44.2 Å². The van der Waals surface area contributed by atoms with Crippen LogP contribution in [0, 0.1) is 0 Å². The van der Waals surface area contributed by atoms with E-state index in [0.717, 1.165) is 48.4 Å². The van der Waals surface area contributed by atoms with Crippen LogP contribution in [0.2, 0.25) is 5.02 Å². The summed E-state index contributed by atoms with van der Waals surface area (Å²) in [6.07, 6.45) is 1.72. The van der Waals surface area contributed by atoms with Crippen molar-refractivity contribution in [3.63, 3.8) is 0 Å². The fourth-order valence-corrected chi connectivity index (χ4v) is 3.94. The molecule has 5 nitrogen and oxygen atoms in total. The van der Waals surface area contributed by atoms with Gasteiger partial charge in [-0.2, -0.15) is 0 Å². The van der Waals surface area contributed by atoms with Crippen molar-refractivity contribution in [3.05, 3.63) is 46.4 Å². The van der Waals surface area contributed by atoms with Gasteiger partial charge in [-0.25, -0.2) is 4.98 Å². The molecule has 0 saturated carbocycles. The molecular weight excluding hydrogens is 346 g/mol. The first-order chi connectivity index (χ1) is 11.8. The quantitative estimate of drug-likeness (QED) is 0.832. The second-order valence-electron chi connectivity index (χ2n) is 6.08. The molecule has 2 aliphatic heterocycles. The van der Waals surface area contributed by atoms with Crippen molar-refractivity contribution < 1.29 is 9.47 Å². The number of benzene rings is 1. The number of hydrogen-bond acceptors (Lipinski definition) is 6. The third-order valence-electron chi connectivity index (χ3n) is 4.42. The smallest absolute Gasteiger partial charge is 0.185 e. The average Bonchev–Trinajstić information content (AvgIpc) is 3.28. The molecule has 2 fully saturated rings. The van der Waals surface area contributed by atoms with Crippen LogP contribution < -0.4 is 4.90 Å². The Labute approximate surface area is 150 Å². The number of ether oxygens (including phenoxy) is 2. The minimum absolute atomic E-state index is 0.122. The molecule has 0 amide bonds. The van der Waals surface area contributed by atoms with Crippen LogP contribution in [0.3, 0.4) is 0 Å². The van der Waals surface area contributed by atoms with Gasteiger partial charge < -0.3 is 14.4 Å². The number of halogens is 1. The second-order valence-corrected chi connectivity index (χ2v) is 7.39. The lowest BCUT2D eigenvalue weighted by atomic mass is 10.2. The minimum Gasteiger partial charge on any atom is -0.346 e. The van der Waals surface area contributed by atoms with Crippen molar-refractivity contribution >= 4 is 28.1 Å². The van der Waals surface area contributed by atoms with E-state index in [9.17, 15) is 0 Å². The highest BCUT2D eigenvalue weighted by atomic mass is 35.5. The molecule has 7 heteroatoms. The molecule has 24 heavy (non-hydrogen) atoms. The lowest BCUT2D eigenvalue weighted by molar-refractivity contribution is -0.0644. The Morgan fingerprint density at radius 2 is 1.96 bits per heavy atom. The van der Waals surface area contributed by atoms with Gasteiger partial charge in [0.25, 0.3) is 0 Å². The van der Waals surface area contributed by atoms with Crippen LogP contribution in [0.4, 0.5) is 5.13 Å². The highest BCUT2D eigenvalue weighted by Crippen LogP contribution is 2.28. The van der Waals surface area contributed by atoms with Crippen molar-refractivity contribution in [2.24, 2.45) is 0 Å². The van der Waals surface area contributed by atoms with E-state index < -0.39 is 0 Å². The fourth-order valence-electron chi connectivity index (χ4n) is 3.12. The molecule has 4 rings (SSSR count). The number of anilines is 1. The van der Waals surface area contributed by atoms with Gasteiger partial charge >= 0.3 is 0 Å². The topological polar surface area (TPSA) is 37.8 Å². The first-order valence-corrected chi connectivity index (χ1v) is 9.43. The van der Waals surface area contributed by atoms with Crippen LogP contribution in [0.15, 0.2) is 35.8 Å². The molecule has 2 aliphatic rings. The summed E-state index contributed by atoms with van der Waals surface area (Å²) in [6.45, 7) is 5.65. The Bertz CT molecular complexity index is 644. The maximum absolute atomic E-state index is 6.06. The second kappa shape index (κ2) is 7.37. The standard InChI is InChI=1S/C17H20ClN3O2S/c18-14-3-1-13(2-4-14)16-22-12-15(23-16)11-20-6-8-21(9-7-20)17-19-5-10-24-17/h1-5,10,15-16H,6-9,11-12H2/t15-,16+/m1/s1. The Kier molecular flexibility index (Phi) is 5.01. The molecule has 1 aromatic carbocycles. The van der Waals surface area contributed by atoms with Crippen molar-refractivity contribution in [3.8, 4) is 0 Å². The van der Waals surface area contributed by atoms with Gasteiger partial charge in [-0.3, -0.25) is 4.90 Å². The van der Waals surface area contributed by atoms with E-state index in [-0.39, 0.29) is 12.4 Å². The zero-order chi connectivity index (χ0) is 16.4. The number of hydrogen-bond donors (Lipinski definition) is 0. The van der Waals surface area contributed by atoms with Gasteiger partial charge in [-0.05, 0) is 12.1 Å². The first kappa shape index (κ1) is 16.3. The molecule has 3 heterocycles. The number of aromatic nitrogens is 1. The maximum Gasteiger partial charge on any atom is 0.185 e. The monoisotopic (exact) mass is 365 g/mol. The number of piperazine rings is 1. The summed E-state index contributed by atoms with van der Waals surface area (Å²) in [6, 6.07) is 7.66. The number of rotatable bonds is 4. The minimum atomic E-state index is -0.274. The van der Waals surface area contributed by atoms with E-state index in [0.29, 0.717) is 6.61 Å². The summed E-state index contributed by atoms with van der Waals surface area (Å²) in [5, 5.41) is 3.88. The normalized spacial score (nSPS) is 25.3. The zero-order valence-corrected chi connectivity index (χ0v) is 14.9. The summed E-state index contributed by atoms with van der Waals surface area (Å²) in [5.41, 5.74) is 1.02. The highest BCUT2D eigenvalue weighted by molar-refractivity contribution is 7.13. The first-order valence-electron chi connectivity index (χ1n) is 8.17. The molecule has 0 aliphatic carbocycles. The van der Waals surface area contributed by atoms with Crippen LogP contribution in [-0.4, -0.2) is 55.3 Å². The van der Waals surface area contributed by atoms with E-state index in [1.165, 1.54) is 0 Å². The van der Waals surface area contributed by atoms with Crippen molar-refractivity contribution in [2.45, 2.75) is 12.4 Å². The molecule has 1 aromatic heterocycles. The summed E-state index contributed by atoms with van der Waals surface area (Å²) < 4.78 is 11.9. The van der Waals surface area contributed by atoms with Crippen LogP contribution in [0.5, 0.6) is 0 Å². The molecule has 0 unspecified atom stereocenters. The number of thiazole rings is 1. The van der Waals surface area contributed by atoms with Crippen LogP contribution in [-0.2, 0) is 9.47 Å². The van der Waals surface area contributed by atoms with Gasteiger partial charge in [-0.1, -0.05) is 23.7 Å². The fraction of sp³-hybridized carbons (Fsp3) is 0.471. The van der Waals surface area contributed by atoms with E-state index in [2.05, 4.69) is 14.8 Å². The summed E-state index contributed by atoms with van der Waals surface area (Å²) in [7, 11) is 0. The highest BCUT2D eigenvalue weighted by Gasteiger charge is 2.30. The predicted octanol–water partition coefficient (Wildman–Crippen LogP) is 3.03. The molecular formula is C17H20ClN3O2S. The molecule has 0 spiro atoms. The third-order valence-corrected chi connectivity index (χ3v) is 5.50. The summed E-state index contributed by atoms with van der Waals surface area (Å²) in [4.78, 5) is 9.19. The molecule has 0 N–H and O–H groups in total. The molecule has 128 valence electrons.